The highest BCUT2D eigenvalue weighted by Crippen LogP contribution is 2.25. The predicted octanol–water partition coefficient (Wildman–Crippen LogP) is 4.33. The SMILES string of the molecule is CCCCCN(C)c1c(F)cc(CCl)cc1F. The first kappa shape index (κ1) is 14.2. The lowest BCUT2D eigenvalue weighted by atomic mass is 10.2. The molecule has 4 heteroatoms. The molecular formula is C13H18ClF2N. The maximum atomic E-state index is 13.7. The first-order chi connectivity index (χ1) is 8.10. The van der Waals surface area contributed by atoms with Crippen LogP contribution in [0, 0.1) is 11.6 Å². The fourth-order valence-electron chi connectivity index (χ4n) is 1.77. The van der Waals surface area contributed by atoms with Gasteiger partial charge in [0.2, 0.25) is 0 Å². The Kier molecular flexibility index (Phi) is 5.69. The second kappa shape index (κ2) is 6.80. The van der Waals surface area contributed by atoms with Crippen molar-refractivity contribution in [1.29, 1.82) is 0 Å². The van der Waals surface area contributed by atoms with Crippen molar-refractivity contribution >= 4 is 17.3 Å². The zero-order valence-electron chi connectivity index (χ0n) is 10.3. The molecule has 0 aliphatic heterocycles. The van der Waals surface area contributed by atoms with Gasteiger partial charge in [-0.2, -0.15) is 0 Å². The van der Waals surface area contributed by atoms with Crippen LogP contribution in [0.1, 0.15) is 31.7 Å². The zero-order chi connectivity index (χ0) is 12.8. The molecule has 0 amide bonds. The maximum Gasteiger partial charge on any atom is 0.149 e. The van der Waals surface area contributed by atoms with Gasteiger partial charge < -0.3 is 4.90 Å². The normalized spacial score (nSPS) is 10.6. The number of benzene rings is 1. The first-order valence-corrected chi connectivity index (χ1v) is 6.38. The highest BCUT2D eigenvalue weighted by atomic mass is 35.5. The van der Waals surface area contributed by atoms with Gasteiger partial charge >= 0.3 is 0 Å². The molecule has 0 aliphatic rings. The summed E-state index contributed by atoms with van der Waals surface area (Å²) < 4.78 is 27.4. The quantitative estimate of drug-likeness (QED) is 0.544. The van der Waals surface area contributed by atoms with Crippen LogP contribution >= 0.6 is 11.6 Å². The molecule has 0 spiro atoms. The van der Waals surface area contributed by atoms with Gasteiger partial charge in [0.05, 0.1) is 0 Å². The van der Waals surface area contributed by atoms with E-state index in [4.69, 9.17) is 11.6 Å². The Morgan fingerprint density at radius 3 is 2.24 bits per heavy atom. The van der Waals surface area contributed by atoms with E-state index in [0.717, 1.165) is 19.3 Å². The molecular weight excluding hydrogens is 244 g/mol. The number of halogens is 3. The third kappa shape index (κ3) is 3.84. The molecule has 0 bridgehead atoms. The van der Waals surface area contributed by atoms with Gasteiger partial charge in [-0.3, -0.25) is 0 Å². The molecule has 0 saturated carbocycles. The minimum absolute atomic E-state index is 0.0370. The lowest BCUT2D eigenvalue weighted by Crippen LogP contribution is -2.21. The molecule has 0 fully saturated rings. The standard InChI is InChI=1S/C13H18ClF2N/c1-3-4-5-6-17(2)13-11(15)7-10(9-14)8-12(13)16/h7-8H,3-6,9H2,1-2H3. The molecule has 0 atom stereocenters. The predicted molar refractivity (Wildman–Crippen MR) is 68.7 cm³/mol. The van der Waals surface area contributed by atoms with Crippen LogP contribution in [0.5, 0.6) is 0 Å². The van der Waals surface area contributed by atoms with Crippen LogP contribution in [0.15, 0.2) is 12.1 Å². The molecule has 1 rings (SSSR count). The highest BCUT2D eigenvalue weighted by molar-refractivity contribution is 6.17. The van der Waals surface area contributed by atoms with E-state index in [1.165, 1.54) is 12.1 Å². The van der Waals surface area contributed by atoms with Crippen molar-refractivity contribution in [2.24, 2.45) is 0 Å². The second-order valence-electron chi connectivity index (χ2n) is 4.17. The molecule has 0 aromatic heterocycles. The van der Waals surface area contributed by atoms with Gasteiger partial charge in [-0.25, -0.2) is 8.78 Å². The Hall–Kier alpha value is -0.830. The van der Waals surface area contributed by atoms with E-state index >= 15 is 0 Å². The number of unbranched alkanes of at least 4 members (excludes halogenated alkanes) is 2. The number of hydrogen-bond donors (Lipinski definition) is 0. The Balaban J connectivity index is 2.82. The first-order valence-electron chi connectivity index (χ1n) is 5.85. The second-order valence-corrected chi connectivity index (χ2v) is 4.44. The smallest absolute Gasteiger partial charge is 0.149 e. The molecule has 17 heavy (non-hydrogen) atoms. The summed E-state index contributed by atoms with van der Waals surface area (Å²) in [6.45, 7) is 2.75. The minimum atomic E-state index is -0.542. The molecule has 1 aromatic rings. The Bertz CT molecular complexity index is 345. The molecule has 0 saturated heterocycles. The van der Waals surface area contributed by atoms with Crippen molar-refractivity contribution in [3.63, 3.8) is 0 Å². The monoisotopic (exact) mass is 261 g/mol. The van der Waals surface area contributed by atoms with E-state index in [1.807, 2.05) is 0 Å². The van der Waals surface area contributed by atoms with Crippen molar-refractivity contribution in [3.8, 4) is 0 Å². The van der Waals surface area contributed by atoms with Gasteiger partial charge in [-0.05, 0) is 24.1 Å². The summed E-state index contributed by atoms with van der Waals surface area (Å²) in [5.74, 6) is -0.965. The van der Waals surface area contributed by atoms with Crippen molar-refractivity contribution in [2.45, 2.75) is 32.1 Å². The Morgan fingerprint density at radius 1 is 1.18 bits per heavy atom. The number of anilines is 1. The van der Waals surface area contributed by atoms with Crippen molar-refractivity contribution in [2.75, 3.05) is 18.5 Å². The molecule has 0 unspecified atom stereocenters. The average Bonchev–Trinajstić information content (AvgIpc) is 2.28. The molecule has 1 aromatic carbocycles. The van der Waals surface area contributed by atoms with E-state index in [-0.39, 0.29) is 11.6 Å². The van der Waals surface area contributed by atoms with E-state index in [9.17, 15) is 8.78 Å². The summed E-state index contributed by atoms with van der Waals surface area (Å²) >= 11 is 5.56. The summed E-state index contributed by atoms with van der Waals surface area (Å²) in [6, 6.07) is 2.59. The van der Waals surface area contributed by atoms with Gasteiger partial charge in [-0.1, -0.05) is 19.8 Å². The van der Waals surface area contributed by atoms with E-state index in [1.54, 1.807) is 11.9 Å². The summed E-state index contributed by atoms with van der Waals surface area (Å²) in [7, 11) is 1.71. The van der Waals surface area contributed by atoms with Crippen LogP contribution in [0.3, 0.4) is 0 Å². The molecule has 0 heterocycles. The highest BCUT2D eigenvalue weighted by Gasteiger charge is 2.14. The van der Waals surface area contributed by atoms with Crippen LogP contribution in [-0.4, -0.2) is 13.6 Å². The molecule has 0 radical (unpaired) electrons. The Labute approximate surface area is 106 Å². The van der Waals surface area contributed by atoms with Gasteiger partial charge in [0.25, 0.3) is 0 Å². The molecule has 0 aliphatic carbocycles. The fourth-order valence-corrected chi connectivity index (χ4v) is 1.92. The summed E-state index contributed by atoms with van der Waals surface area (Å²) in [5, 5.41) is 0. The minimum Gasteiger partial charge on any atom is -0.370 e. The van der Waals surface area contributed by atoms with Gasteiger partial charge in [0.15, 0.2) is 0 Å². The molecule has 1 nitrogen and oxygen atoms in total. The third-order valence-corrected chi connectivity index (χ3v) is 3.02. The van der Waals surface area contributed by atoms with E-state index in [0.29, 0.717) is 12.1 Å². The van der Waals surface area contributed by atoms with Crippen LogP contribution in [0.25, 0.3) is 0 Å². The van der Waals surface area contributed by atoms with Crippen molar-refractivity contribution in [3.05, 3.63) is 29.3 Å². The molecule has 96 valence electrons. The number of rotatable bonds is 6. The summed E-state index contributed by atoms with van der Waals surface area (Å²) in [6.07, 6.45) is 3.08. The fraction of sp³-hybridized carbons (Fsp3) is 0.538. The van der Waals surface area contributed by atoms with Gasteiger partial charge in [0, 0.05) is 19.5 Å². The number of hydrogen-bond acceptors (Lipinski definition) is 1. The third-order valence-electron chi connectivity index (χ3n) is 2.71. The van der Waals surface area contributed by atoms with Crippen LogP contribution in [-0.2, 0) is 5.88 Å². The number of alkyl halides is 1. The van der Waals surface area contributed by atoms with Gasteiger partial charge in [-0.15, -0.1) is 11.6 Å². The van der Waals surface area contributed by atoms with Crippen LogP contribution in [0.4, 0.5) is 14.5 Å². The number of nitrogens with zero attached hydrogens (tertiary/aromatic N) is 1. The lowest BCUT2D eigenvalue weighted by Gasteiger charge is -2.20. The van der Waals surface area contributed by atoms with Crippen LogP contribution < -0.4 is 4.90 Å². The van der Waals surface area contributed by atoms with Crippen LogP contribution in [0.2, 0.25) is 0 Å². The van der Waals surface area contributed by atoms with E-state index in [2.05, 4.69) is 6.92 Å². The zero-order valence-corrected chi connectivity index (χ0v) is 11.0. The summed E-state index contributed by atoms with van der Waals surface area (Å²) in [5.41, 5.74) is 0.502. The van der Waals surface area contributed by atoms with E-state index < -0.39 is 11.6 Å². The summed E-state index contributed by atoms with van der Waals surface area (Å²) in [4.78, 5) is 1.62. The Morgan fingerprint density at radius 2 is 1.76 bits per heavy atom. The average molecular weight is 262 g/mol. The largest absolute Gasteiger partial charge is 0.370 e. The topological polar surface area (TPSA) is 3.24 Å². The van der Waals surface area contributed by atoms with Gasteiger partial charge in [0.1, 0.15) is 17.3 Å². The molecule has 0 N–H and O–H groups in total. The lowest BCUT2D eigenvalue weighted by molar-refractivity contribution is 0.570. The van der Waals surface area contributed by atoms with Crippen molar-refractivity contribution in [1.82, 2.24) is 0 Å². The maximum absolute atomic E-state index is 13.7. The van der Waals surface area contributed by atoms with Crippen molar-refractivity contribution < 1.29 is 8.78 Å².